The summed E-state index contributed by atoms with van der Waals surface area (Å²) in [7, 11) is 0. The number of hydrogen-bond donors (Lipinski definition) is 2. The number of aliphatic carboxylic acids is 1. The van der Waals surface area contributed by atoms with Crippen LogP contribution in [0.1, 0.15) is 25.0 Å². The van der Waals surface area contributed by atoms with Gasteiger partial charge in [-0.25, -0.2) is 4.79 Å². The fraction of sp³-hybridized carbons (Fsp3) is 0.312. The Morgan fingerprint density at radius 1 is 1.27 bits per heavy atom. The van der Waals surface area contributed by atoms with Crippen molar-refractivity contribution in [1.82, 2.24) is 9.78 Å². The van der Waals surface area contributed by atoms with Crippen molar-refractivity contribution < 1.29 is 14.7 Å². The van der Waals surface area contributed by atoms with Gasteiger partial charge in [0.1, 0.15) is 0 Å². The van der Waals surface area contributed by atoms with Crippen molar-refractivity contribution in [2.45, 2.75) is 32.7 Å². The monoisotopic (exact) mass is 301 g/mol. The molecule has 1 heterocycles. The molecule has 22 heavy (non-hydrogen) atoms. The topological polar surface area (TPSA) is 84.2 Å². The predicted molar refractivity (Wildman–Crippen MR) is 82.7 cm³/mol. The first-order chi connectivity index (χ1) is 10.3. The SMILES string of the molecule is Cc1ccc(CC(=O)Nc2cnn(C(C)(C)C(=O)O)c2)cc1. The van der Waals surface area contributed by atoms with E-state index in [1.54, 1.807) is 13.8 Å². The average Bonchev–Trinajstić information content (AvgIpc) is 2.90. The van der Waals surface area contributed by atoms with E-state index in [2.05, 4.69) is 10.4 Å². The third-order valence-electron chi connectivity index (χ3n) is 3.45. The van der Waals surface area contributed by atoms with Gasteiger partial charge in [0.05, 0.1) is 18.3 Å². The lowest BCUT2D eigenvalue weighted by atomic mass is 10.1. The molecule has 0 saturated carbocycles. The molecule has 0 unspecified atom stereocenters. The van der Waals surface area contributed by atoms with Gasteiger partial charge < -0.3 is 10.4 Å². The van der Waals surface area contributed by atoms with Crippen LogP contribution in [0.5, 0.6) is 0 Å². The molecule has 6 heteroatoms. The number of aromatic nitrogens is 2. The van der Waals surface area contributed by atoms with Crippen LogP contribution in [0.2, 0.25) is 0 Å². The smallest absolute Gasteiger partial charge is 0.331 e. The Kier molecular flexibility index (Phi) is 4.30. The molecular formula is C16H19N3O3. The summed E-state index contributed by atoms with van der Waals surface area (Å²) in [5.41, 5.74) is 1.37. The van der Waals surface area contributed by atoms with Crippen LogP contribution < -0.4 is 5.32 Å². The van der Waals surface area contributed by atoms with Crippen LogP contribution in [-0.2, 0) is 21.5 Å². The lowest BCUT2D eigenvalue weighted by Crippen LogP contribution is -2.35. The molecule has 1 amide bonds. The Morgan fingerprint density at radius 2 is 1.91 bits per heavy atom. The number of nitrogens with zero attached hydrogens (tertiary/aromatic N) is 2. The number of hydrogen-bond acceptors (Lipinski definition) is 3. The van der Waals surface area contributed by atoms with Crippen LogP contribution in [0.4, 0.5) is 5.69 Å². The quantitative estimate of drug-likeness (QED) is 0.886. The highest BCUT2D eigenvalue weighted by Crippen LogP contribution is 2.17. The van der Waals surface area contributed by atoms with Gasteiger partial charge in [-0.2, -0.15) is 5.10 Å². The van der Waals surface area contributed by atoms with Gasteiger partial charge in [-0.3, -0.25) is 9.48 Å². The highest BCUT2D eigenvalue weighted by atomic mass is 16.4. The molecule has 2 rings (SSSR count). The van der Waals surface area contributed by atoms with E-state index in [1.165, 1.54) is 17.1 Å². The highest BCUT2D eigenvalue weighted by Gasteiger charge is 2.30. The second kappa shape index (κ2) is 6.01. The summed E-state index contributed by atoms with van der Waals surface area (Å²) in [5, 5.41) is 15.9. The van der Waals surface area contributed by atoms with E-state index in [0.717, 1.165) is 11.1 Å². The minimum atomic E-state index is -1.17. The number of carboxylic acid groups (broad SMARTS) is 1. The zero-order chi connectivity index (χ0) is 16.3. The number of nitrogens with one attached hydrogen (secondary N) is 1. The molecule has 0 aliphatic rings. The van der Waals surface area contributed by atoms with Gasteiger partial charge in [-0.1, -0.05) is 29.8 Å². The van der Waals surface area contributed by atoms with Crippen LogP contribution >= 0.6 is 0 Å². The summed E-state index contributed by atoms with van der Waals surface area (Å²) in [6.07, 6.45) is 3.21. The Morgan fingerprint density at radius 3 is 2.50 bits per heavy atom. The van der Waals surface area contributed by atoms with Gasteiger partial charge in [0.15, 0.2) is 5.54 Å². The number of benzene rings is 1. The Labute approximate surface area is 128 Å². The molecule has 0 aliphatic carbocycles. The molecule has 2 N–H and O–H groups in total. The summed E-state index contributed by atoms with van der Waals surface area (Å²) >= 11 is 0. The van der Waals surface area contributed by atoms with E-state index in [9.17, 15) is 9.59 Å². The third kappa shape index (κ3) is 3.52. The molecule has 1 aromatic carbocycles. The van der Waals surface area contributed by atoms with Crippen LogP contribution in [0, 0.1) is 6.92 Å². The molecule has 116 valence electrons. The molecular weight excluding hydrogens is 282 g/mol. The molecule has 0 radical (unpaired) electrons. The number of rotatable bonds is 5. The van der Waals surface area contributed by atoms with E-state index in [1.807, 2.05) is 31.2 Å². The van der Waals surface area contributed by atoms with E-state index in [-0.39, 0.29) is 12.3 Å². The molecule has 2 aromatic rings. The first-order valence-electron chi connectivity index (χ1n) is 6.93. The number of amides is 1. The maximum Gasteiger partial charge on any atom is 0.331 e. The lowest BCUT2D eigenvalue weighted by Gasteiger charge is -2.19. The fourth-order valence-electron chi connectivity index (χ4n) is 1.89. The molecule has 0 fully saturated rings. The van der Waals surface area contributed by atoms with Gasteiger partial charge in [0.2, 0.25) is 5.91 Å². The number of carboxylic acids is 1. The van der Waals surface area contributed by atoms with Gasteiger partial charge in [-0.15, -0.1) is 0 Å². The van der Waals surface area contributed by atoms with Gasteiger partial charge >= 0.3 is 5.97 Å². The van der Waals surface area contributed by atoms with Crippen molar-refractivity contribution in [3.63, 3.8) is 0 Å². The van der Waals surface area contributed by atoms with E-state index in [0.29, 0.717) is 5.69 Å². The second-order valence-corrected chi connectivity index (χ2v) is 5.75. The van der Waals surface area contributed by atoms with Gasteiger partial charge in [0, 0.05) is 6.20 Å². The second-order valence-electron chi connectivity index (χ2n) is 5.75. The molecule has 1 aromatic heterocycles. The first-order valence-corrected chi connectivity index (χ1v) is 6.93. The third-order valence-corrected chi connectivity index (χ3v) is 3.45. The van der Waals surface area contributed by atoms with Crippen LogP contribution in [0.3, 0.4) is 0 Å². The molecule has 0 aliphatic heterocycles. The predicted octanol–water partition coefficient (Wildman–Crippen LogP) is 2.19. The van der Waals surface area contributed by atoms with Crippen molar-refractivity contribution in [2.24, 2.45) is 0 Å². The summed E-state index contributed by atoms with van der Waals surface area (Å²) in [4.78, 5) is 23.2. The summed E-state index contributed by atoms with van der Waals surface area (Å²) < 4.78 is 1.32. The fourth-order valence-corrected chi connectivity index (χ4v) is 1.89. The normalized spacial score (nSPS) is 11.2. The van der Waals surface area contributed by atoms with Crippen molar-refractivity contribution in [3.8, 4) is 0 Å². The molecule has 0 saturated heterocycles. The summed E-state index contributed by atoms with van der Waals surface area (Å²) in [6, 6.07) is 7.73. The Bertz CT molecular complexity index is 687. The first kappa shape index (κ1) is 15.8. The summed E-state index contributed by atoms with van der Waals surface area (Å²) in [5.74, 6) is -1.16. The van der Waals surface area contributed by atoms with Gasteiger partial charge in [-0.05, 0) is 26.3 Å². The van der Waals surface area contributed by atoms with Crippen LogP contribution in [0.25, 0.3) is 0 Å². The van der Waals surface area contributed by atoms with Crippen molar-refractivity contribution in [3.05, 3.63) is 47.8 Å². The number of aryl methyl sites for hydroxylation is 1. The van der Waals surface area contributed by atoms with Crippen molar-refractivity contribution in [1.29, 1.82) is 0 Å². The van der Waals surface area contributed by atoms with Gasteiger partial charge in [0.25, 0.3) is 0 Å². The maximum atomic E-state index is 12.0. The highest BCUT2D eigenvalue weighted by molar-refractivity contribution is 5.92. The van der Waals surface area contributed by atoms with E-state index >= 15 is 0 Å². The van der Waals surface area contributed by atoms with Crippen LogP contribution in [0.15, 0.2) is 36.7 Å². The van der Waals surface area contributed by atoms with Crippen LogP contribution in [-0.4, -0.2) is 26.8 Å². The summed E-state index contributed by atoms with van der Waals surface area (Å²) in [6.45, 7) is 5.07. The molecule has 0 atom stereocenters. The zero-order valence-corrected chi connectivity index (χ0v) is 12.8. The maximum absolute atomic E-state index is 12.0. The molecule has 0 bridgehead atoms. The number of carbonyl (C=O) groups excluding carboxylic acids is 1. The van der Waals surface area contributed by atoms with Crippen molar-refractivity contribution >= 4 is 17.6 Å². The largest absolute Gasteiger partial charge is 0.479 e. The zero-order valence-electron chi connectivity index (χ0n) is 12.8. The molecule has 0 spiro atoms. The van der Waals surface area contributed by atoms with E-state index < -0.39 is 11.5 Å². The number of anilines is 1. The minimum absolute atomic E-state index is 0.170. The standard InChI is InChI=1S/C16H19N3O3/c1-11-4-6-12(7-5-11)8-14(20)18-13-9-17-19(10-13)16(2,3)15(21)22/h4-7,9-10H,8H2,1-3H3,(H,18,20)(H,21,22). The van der Waals surface area contributed by atoms with Crippen molar-refractivity contribution in [2.75, 3.05) is 5.32 Å². The van der Waals surface area contributed by atoms with E-state index in [4.69, 9.17) is 5.11 Å². The lowest BCUT2D eigenvalue weighted by molar-refractivity contribution is -0.146. The minimum Gasteiger partial charge on any atom is -0.479 e. The average molecular weight is 301 g/mol. The Balaban J connectivity index is 2.02. The molecule has 6 nitrogen and oxygen atoms in total. The Hall–Kier alpha value is -2.63. The number of carbonyl (C=O) groups is 2.